The molecule has 0 bridgehead atoms. The summed E-state index contributed by atoms with van der Waals surface area (Å²) >= 11 is 0. The predicted octanol–water partition coefficient (Wildman–Crippen LogP) is 2.30. The van der Waals surface area contributed by atoms with E-state index in [0.29, 0.717) is 0 Å². The molecule has 0 aliphatic heterocycles. The average molecular weight is 170 g/mol. The molecule has 2 heteroatoms. The predicted molar refractivity (Wildman–Crippen MR) is 53.3 cm³/mol. The number of aromatic amines is 1. The molecule has 2 aromatic heterocycles. The fourth-order valence-electron chi connectivity index (χ4n) is 1.43. The maximum absolute atomic E-state index is 5.37. The van der Waals surface area contributed by atoms with Gasteiger partial charge in [-0.1, -0.05) is 5.92 Å². The van der Waals surface area contributed by atoms with Gasteiger partial charge in [-0.3, -0.25) is 0 Å². The third kappa shape index (κ3) is 1.19. The first-order valence-corrected chi connectivity index (χ1v) is 4.21. The molecule has 0 aromatic carbocycles. The summed E-state index contributed by atoms with van der Waals surface area (Å²) in [6.07, 6.45) is 9.07. The molecule has 0 amide bonds. The molecule has 0 saturated carbocycles. The molecule has 0 aliphatic carbocycles. The number of nitrogens with zero attached hydrogens (tertiary/aromatic N) is 1. The number of nitrogens with one attached hydrogen (secondary N) is 1. The van der Waals surface area contributed by atoms with Gasteiger partial charge in [-0.15, -0.1) is 6.42 Å². The minimum Gasteiger partial charge on any atom is -0.346 e. The Morgan fingerprint density at radius 1 is 1.62 bits per heavy atom. The van der Waals surface area contributed by atoms with Crippen LogP contribution in [0.5, 0.6) is 0 Å². The van der Waals surface area contributed by atoms with Crippen LogP contribution < -0.4 is 0 Å². The number of pyridine rings is 1. The van der Waals surface area contributed by atoms with Crippen LogP contribution in [0.1, 0.15) is 18.4 Å². The van der Waals surface area contributed by atoms with E-state index in [1.165, 1.54) is 0 Å². The van der Waals surface area contributed by atoms with Crippen LogP contribution in [-0.2, 0) is 0 Å². The highest BCUT2D eigenvalue weighted by Gasteiger charge is 2.08. The van der Waals surface area contributed by atoms with Crippen LogP contribution in [0.25, 0.3) is 11.0 Å². The zero-order chi connectivity index (χ0) is 9.26. The average Bonchev–Trinajstić information content (AvgIpc) is 2.60. The van der Waals surface area contributed by atoms with Crippen molar-refractivity contribution in [2.75, 3.05) is 0 Å². The third-order valence-corrected chi connectivity index (χ3v) is 2.20. The Balaban J connectivity index is 2.66. The quantitative estimate of drug-likeness (QED) is 0.653. The smallest absolute Gasteiger partial charge is 0.137 e. The molecule has 0 aliphatic rings. The Bertz CT molecular complexity index is 462. The number of fused-ring (bicyclic) bond motifs is 1. The fraction of sp³-hybridized carbons (Fsp3) is 0.182. The van der Waals surface area contributed by atoms with Gasteiger partial charge < -0.3 is 4.98 Å². The van der Waals surface area contributed by atoms with E-state index in [1.807, 2.05) is 25.3 Å². The monoisotopic (exact) mass is 170 g/mol. The summed E-state index contributed by atoms with van der Waals surface area (Å²) in [5.74, 6) is 2.85. The molecule has 64 valence electrons. The van der Waals surface area contributed by atoms with Crippen LogP contribution in [0.2, 0.25) is 0 Å². The second kappa shape index (κ2) is 2.95. The summed E-state index contributed by atoms with van der Waals surface area (Å²) in [7, 11) is 0. The Morgan fingerprint density at radius 2 is 2.46 bits per heavy atom. The van der Waals surface area contributed by atoms with Gasteiger partial charge in [0.15, 0.2) is 0 Å². The Labute approximate surface area is 77.0 Å². The molecule has 0 fully saturated rings. The zero-order valence-electron chi connectivity index (χ0n) is 7.41. The summed E-state index contributed by atoms with van der Waals surface area (Å²) in [5, 5.41) is 1.12. The minimum absolute atomic E-state index is 0.137. The molecule has 2 rings (SSSR count). The molecule has 2 heterocycles. The molecule has 1 N–H and O–H groups in total. The van der Waals surface area contributed by atoms with Gasteiger partial charge in [0.25, 0.3) is 0 Å². The number of H-pyrrole nitrogens is 1. The SMILES string of the molecule is C#CC(C)c1c[nH]c2ncccc12. The normalized spacial score (nSPS) is 12.6. The van der Waals surface area contributed by atoms with Gasteiger partial charge in [0.1, 0.15) is 5.65 Å². The molecule has 0 radical (unpaired) electrons. The van der Waals surface area contributed by atoms with Crippen LogP contribution in [0.3, 0.4) is 0 Å². The van der Waals surface area contributed by atoms with E-state index >= 15 is 0 Å². The largest absolute Gasteiger partial charge is 0.346 e. The van der Waals surface area contributed by atoms with Crippen molar-refractivity contribution >= 4 is 11.0 Å². The second-order valence-electron chi connectivity index (χ2n) is 3.03. The van der Waals surface area contributed by atoms with Crippen molar-refractivity contribution in [3.8, 4) is 12.3 Å². The van der Waals surface area contributed by atoms with Crippen LogP contribution in [0.4, 0.5) is 0 Å². The molecule has 0 spiro atoms. The number of terminal acetylenes is 1. The number of aromatic nitrogens is 2. The molecule has 1 atom stereocenters. The van der Waals surface area contributed by atoms with Gasteiger partial charge in [0.2, 0.25) is 0 Å². The van der Waals surface area contributed by atoms with Crippen LogP contribution >= 0.6 is 0 Å². The Morgan fingerprint density at radius 3 is 3.23 bits per heavy atom. The summed E-state index contributed by atoms with van der Waals surface area (Å²) < 4.78 is 0. The second-order valence-corrected chi connectivity index (χ2v) is 3.03. The number of hydrogen-bond donors (Lipinski definition) is 1. The topological polar surface area (TPSA) is 28.7 Å². The minimum atomic E-state index is 0.137. The van der Waals surface area contributed by atoms with E-state index in [4.69, 9.17) is 6.42 Å². The van der Waals surface area contributed by atoms with Gasteiger partial charge in [-0.05, 0) is 24.6 Å². The molecular weight excluding hydrogens is 160 g/mol. The fourth-order valence-corrected chi connectivity index (χ4v) is 1.43. The third-order valence-electron chi connectivity index (χ3n) is 2.20. The first kappa shape index (κ1) is 7.88. The van der Waals surface area contributed by atoms with Gasteiger partial charge >= 0.3 is 0 Å². The molecular formula is C11H10N2. The summed E-state index contributed by atoms with van der Waals surface area (Å²) in [4.78, 5) is 7.29. The van der Waals surface area contributed by atoms with E-state index in [-0.39, 0.29) is 5.92 Å². The van der Waals surface area contributed by atoms with Crippen LogP contribution in [0.15, 0.2) is 24.5 Å². The molecule has 13 heavy (non-hydrogen) atoms. The Kier molecular flexibility index (Phi) is 1.79. The zero-order valence-corrected chi connectivity index (χ0v) is 7.41. The van der Waals surface area contributed by atoms with Gasteiger partial charge in [0.05, 0.1) is 0 Å². The first-order chi connectivity index (χ1) is 6.33. The van der Waals surface area contributed by atoms with E-state index in [9.17, 15) is 0 Å². The molecule has 1 unspecified atom stereocenters. The standard InChI is InChI=1S/C11H10N2/c1-3-8(2)10-7-13-11-9(10)5-4-6-12-11/h1,4-8H,2H3,(H,12,13). The molecule has 0 saturated heterocycles. The lowest BCUT2D eigenvalue weighted by molar-refractivity contribution is 1.02. The molecule has 2 nitrogen and oxygen atoms in total. The summed E-state index contributed by atoms with van der Waals surface area (Å²) in [6, 6.07) is 3.95. The van der Waals surface area contributed by atoms with Crippen molar-refractivity contribution in [3.63, 3.8) is 0 Å². The lowest BCUT2D eigenvalue weighted by Crippen LogP contribution is -1.86. The summed E-state index contributed by atoms with van der Waals surface area (Å²) in [5.41, 5.74) is 2.05. The van der Waals surface area contributed by atoms with Crippen LogP contribution in [-0.4, -0.2) is 9.97 Å². The number of rotatable bonds is 1. The summed E-state index contributed by atoms with van der Waals surface area (Å²) in [6.45, 7) is 2.01. The van der Waals surface area contributed by atoms with Crippen LogP contribution in [0, 0.1) is 12.3 Å². The highest BCUT2D eigenvalue weighted by atomic mass is 14.8. The first-order valence-electron chi connectivity index (χ1n) is 4.21. The van der Waals surface area contributed by atoms with E-state index < -0.39 is 0 Å². The maximum atomic E-state index is 5.37. The van der Waals surface area contributed by atoms with Crippen molar-refractivity contribution in [2.24, 2.45) is 0 Å². The lowest BCUT2D eigenvalue weighted by Gasteiger charge is -1.99. The van der Waals surface area contributed by atoms with E-state index in [1.54, 1.807) is 6.20 Å². The maximum Gasteiger partial charge on any atom is 0.137 e. The highest BCUT2D eigenvalue weighted by Crippen LogP contribution is 2.22. The number of hydrogen-bond acceptors (Lipinski definition) is 1. The molecule has 2 aromatic rings. The van der Waals surface area contributed by atoms with E-state index in [2.05, 4.69) is 15.9 Å². The van der Waals surface area contributed by atoms with E-state index in [0.717, 1.165) is 16.6 Å². The van der Waals surface area contributed by atoms with Crippen molar-refractivity contribution in [2.45, 2.75) is 12.8 Å². The van der Waals surface area contributed by atoms with Gasteiger partial charge in [0, 0.05) is 23.7 Å². The lowest BCUT2D eigenvalue weighted by atomic mass is 10.0. The van der Waals surface area contributed by atoms with Gasteiger partial charge in [-0.2, -0.15) is 0 Å². The Hall–Kier alpha value is -1.75. The highest BCUT2D eigenvalue weighted by molar-refractivity contribution is 5.80. The van der Waals surface area contributed by atoms with Gasteiger partial charge in [-0.25, -0.2) is 4.98 Å². The van der Waals surface area contributed by atoms with Crippen molar-refractivity contribution in [1.29, 1.82) is 0 Å². The van der Waals surface area contributed by atoms with Crippen molar-refractivity contribution < 1.29 is 0 Å². The van der Waals surface area contributed by atoms with Crippen molar-refractivity contribution in [1.82, 2.24) is 9.97 Å². The van der Waals surface area contributed by atoms with Crippen molar-refractivity contribution in [3.05, 3.63) is 30.1 Å².